The van der Waals surface area contributed by atoms with E-state index in [1.165, 1.54) is 26.6 Å². The summed E-state index contributed by atoms with van der Waals surface area (Å²) in [6, 6.07) is 4.17. The van der Waals surface area contributed by atoms with E-state index < -0.39 is 0 Å². The first-order valence-electron chi connectivity index (χ1n) is 5.79. The molecule has 3 rings (SSSR count). The van der Waals surface area contributed by atoms with Gasteiger partial charge in [-0.2, -0.15) is 0 Å². The van der Waals surface area contributed by atoms with Crippen molar-refractivity contribution in [3.05, 3.63) is 27.9 Å². The van der Waals surface area contributed by atoms with E-state index in [1.54, 1.807) is 7.11 Å². The molecular weight excluding hydrogens is 280 g/mol. The zero-order valence-corrected chi connectivity index (χ0v) is 11.6. The molecule has 0 bridgehead atoms. The lowest BCUT2D eigenvalue weighted by molar-refractivity contribution is 0.415. The van der Waals surface area contributed by atoms with Crippen LogP contribution in [-0.4, -0.2) is 18.2 Å². The fourth-order valence-corrected chi connectivity index (χ4v) is 3.45. The van der Waals surface area contributed by atoms with Crippen molar-refractivity contribution in [1.29, 1.82) is 0 Å². The first-order chi connectivity index (χ1) is 8.24. The van der Waals surface area contributed by atoms with E-state index in [2.05, 4.69) is 44.9 Å². The zero-order valence-electron chi connectivity index (χ0n) is 10.0. The van der Waals surface area contributed by atoms with Crippen molar-refractivity contribution < 1.29 is 4.74 Å². The Morgan fingerprint density at radius 2 is 2.24 bits per heavy atom. The van der Waals surface area contributed by atoms with Crippen molar-refractivity contribution in [2.24, 2.45) is 0 Å². The third-order valence-corrected chi connectivity index (χ3v) is 4.30. The maximum absolute atomic E-state index is 5.50. The molecule has 1 aliphatic rings. The Hall–Kier alpha value is -1.00. The quantitative estimate of drug-likeness (QED) is 0.875. The van der Waals surface area contributed by atoms with E-state index in [1.807, 2.05) is 0 Å². The summed E-state index contributed by atoms with van der Waals surface area (Å²) in [6.07, 6.45) is 0. The molecule has 3 nitrogen and oxygen atoms in total. The van der Waals surface area contributed by atoms with Crippen molar-refractivity contribution in [2.75, 3.05) is 13.7 Å². The molecule has 0 saturated carbocycles. The van der Waals surface area contributed by atoms with Gasteiger partial charge in [0.15, 0.2) is 0 Å². The summed E-state index contributed by atoms with van der Waals surface area (Å²) in [6.45, 7) is 5.07. The molecule has 90 valence electrons. The lowest BCUT2D eigenvalue weighted by Crippen LogP contribution is -2.27. The highest BCUT2D eigenvalue weighted by Gasteiger charge is 2.21. The largest absolute Gasteiger partial charge is 0.495 e. The van der Waals surface area contributed by atoms with Crippen LogP contribution in [-0.2, 0) is 13.1 Å². The van der Waals surface area contributed by atoms with Gasteiger partial charge in [0.1, 0.15) is 5.75 Å². The number of fused-ring (bicyclic) bond motifs is 3. The summed E-state index contributed by atoms with van der Waals surface area (Å²) in [7, 11) is 1.74. The number of halogens is 1. The number of methoxy groups -OCH3 is 1. The molecule has 1 aromatic carbocycles. The Kier molecular flexibility index (Phi) is 2.64. The van der Waals surface area contributed by atoms with Gasteiger partial charge in [-0.3, -0.25) is 0 Å². The number of nitrogens with one attached hydrogen (secondary N) is 1. The molecule has 0 fully saturated rings. The molecule has 0 unspecified atom stereocenters. The Morgan fingerprint density at radius 3 is 3.00 bits per heavy atom. The second-order valence-corrected chi connectivity index (χ2v) is 5.19. The average Bonchev–Trinajstić information content (AvgIpc) is 2.66. The van der Waals surface area contributed by atoms with Crippen molar-refractivity contribution in [3.8, 4) is 5.75 Å². The van der Waals surface area contributed by atoms with Crippen LogP contribution >= 0.6 is 15.9 Å². The van der Waals surface area contributed by atoms with Crippen LogP contribution in [0.15, 0.2) is 16.6 Å². The Bertz CT molecular complexity index is 589. The van der Waals surface area contributed by atoms with Crippen LogP contribution in [0, 0.1) is 6.92 Å². The summed E-state index contributed by atoms with van der Waals surface area (Å²) >= 11 is 3.74. The van der Waals surface area contributed by atoms with E-state index in [4.69, 9.17) is 4.74 Å². The molecule has 0 atom stereocenters. The second-order valence-electron chi connectivity index (χ2n) is 4.40. The number of nitrogens with zero attached hydrogens (tertiary/aromatic N) is 1. The molecule has 0 spiro atoms. The van der Waals surface area contributed by atoms with Gasteiger partial charge in [-0.15, -0.1) is 0 Å². The molecule has 0 aliphatic carbocycles. The number of hydrogen-bond donors (Lipinski definition) is 1. The molecular formula is C13H15BrN2O. The number of benzene rings is 1. The highest BCUT2D eigenvalue weighted by atomic mass is 79.9. The first kappa shape index (κ1) is 11.1. The monoisotopic (exact) mass is 294 g/mol. The molecule has 0 radical (unpaired) electrons. The minimum atomic E-state index is 0.915. The zero-order chi connectivity index (χ0) is 12.0. The normalized spacial score (nSPS) is 15.0. The van der Waals surface area contributed by atoms with Gasteiger partial charge in [0.2, 0.25) is 0 Å². The van der Waals surface area contributed by atoms with E-state index >= 15 is 0 Å². The van der Waals surface area contributed by atoms with E-state index in [0.717, 1.165) is 25.4 Å². The molecule has 2 aromatic rings. The molecule has 4 heteroatoms. The third-order valence-electron chi connectivity index (χ3n) is 3.44. The van der Waals surface area contributed by atoms with Gasteiger partial charge in [-0.1, -0.05) is 6.07 Å². The predicted octanol–water partition coefficient (Wildman–Crippen LogP) is 2.82. The molecule has 1 aliphatic heterocycles. The summed E-state index contributed by atoms with van der Waals surface area (Å²) in [5.74, 6) is 0.958. The van der Waals surface area contributed by atoms with Crippen molar-refractivity contribution in [3.63, 3.8) is 0 Å². The van der Waals surface area contributed by atoms with Crippen molar-refractivity contribution in [1.82, 2.24) is 9.88 Å². The number of ether oxygens (including phenoxy) is 1. The van der Waals surface area contributed by atoms with Crippen LogP contribution in [0.1, 0.15) is 11.3 Å². The second kappa shape index (κ2) is 4.03. The van der Waals surface area contributed by atoms with Gasteiger partial charge in [-0.25, -0.2) is 0 Å². The standard InChI is InChI=1S/C13H15BrN2O/c1-8-3-4-10(17-2)13-11(8)12(14)9-7-15-5-6-16(9)13/h3-4,15H,5-7H2,1-2H3. The van der Waals surface area contributed by atoms with Crippen molar-refractivity contribution in [2.45, 2.75) is 20.0 Å². The van der Waals surface area contributed by atoms with Crippen LogP contribution in [0.4, 0.5) is 0 Å². The van der Waals surface area contributed by atoms with Crippen LogP contribution in [0.25, 0.3) is 10.9 Å². The van der Waals surface area contributed by atoms with E-state index in [0.29, 0.717) is 0 Å². The van der Waals surface area contributed by atoms with Gasteiger partial charge in [0.05, 0.1) is 12.6 Å². The highest BCUT2D eigenvalue weighted by Crippen LogP contribution is 2.39. The molecule has 17 heavy (non-hydrogen) atoms. The van der Waals surface area contributed by atoms with E-state index in [9.17, 15) is 0 Å². The molecule has 1 N–H and O–H groups in total. The minimum Gasteiger partial charge on any atom is -0.495 e. The lowest BCUT2D eigenvalue weighted by Gasteiger charge is -2.18. The maximum atomic E-state index is 5.50. The van der Waals surface area contributed by atoms with Gasteiger partial charge in [0.25, 0.3) is 0 Å². The molecule has 1 aromatic heterocycles. The number of hydrogen-bond acceptors (Lipinski definition) is 2. The van der Waals surface area contributed by atoms with Gasteiger partial charge < -0.3 is 14.6 Å². The summed E-state index contributed by atoms with van der Waals surface area (Å²) in [5, 5.41) is 4.69. The molecule has 2 heterocycles. The third kappa shape index (κ3) is 1.51. The topological polar surface area (TPSA) is 26.2 Å². The average molecular weight is 295 g/mol. The van der Waals surface area contributed by atoms with Crippen LogP contribution < -0.4 is 10.1 Å². The Morgan fingerprint density at radius 1 is 1.41 bits per heavy atom. The Labute approximate surface area is 109 Å². The number of aryl methyl sites for hydroxylation is 1. The van der Waals surface area contributed by atoms with Crippen LogP contribution in [0.5, 0.6) is 5.75 Å². The fraction of sp³-hybridized carbons (Fsp3) is 0.385. The molecule has 0 saturated heterocycles. The fourth-order valence-electron chi connectivity index (χ4n) is 2.60. The Balaban J connectivity index is 2.45. The van der Waals surface area contributed by atoms with Crippen LogP contribution in [0.3, 0.4) is 0 Å². The SMILES string of the molecule is COc1ccc(C)c2c(Br)c3n(c12)CCNC3. The molecule has 0 amide bonds. The number of rotatable bonds is 1. The maximum Gasteiger partial charge on any atom is 0.143 e. The summed E-state index contributed by atoms with van der Waals surface area (Å²) in [5.41, 5.74) is 3.82. The van der Waals surface area contributed by atoms with Gasteiger partial charge in [0, 0.05) is 35.2 Å². The number of aromatic nitrogens is 1. The lowest BCUT2D eigenvalue weighted by atomic mass is 10.1. The van der Waals surface area contributed by atoms with Crippen LogP contribution in [0.2, 0.25) is 0 Å². The smallest absolute Gasteiger partial charge is 0.143 e. The van der Waals surface area contributed by atoms with Crippen molar-refractivity contribution >= 4 is 26.8 Å². The summed E-state index contributed by atoms with van der Waals surface area (Å²) < 4.78 is 9.07. The predicted molar refractivity (Wildman–Crippen MR) is 72.6 cm³/mol. The van der Waals surface area contributed by atoms with E-state index in [-0.39, 0.29) is 0 Å². The minimum absolute atomic E-state index is 0.915. The van der Waals surface area contributed by atoms with Gasteiger partial charge >= 0.3 is 0 Å². The first-order valence-corrected chi connectivity index (χ1v) is 6.58. The van der Waals surface area contributed by atoms with Gasteiger partial charge in [-0.05, 0) is 34.5 Å². The summed E-state index contributed by atoms with van der Waals surface area (Å²) in [4.78, 5) is 0. The highest BCUT2D eigenvalue weighted by molar-refractivity contribution is 9.10.